The molecule has 0 unspecified atom stereocenters. The van der Waals surface area contributed by atoms with Gasteiger partial charge >= 0.3 is 6.09 Å². The zero-order valence-electron chi connectivity index (χ0n) is 25.6. The van der Waals surface area contributed by atoms with Crippen LogP contribution in [-0.2, 0) is 22.5 Å². The number of aromatic nitrogens is 2. The molecule has 0 saturated carbocycles. The number of ether oxygens (including phenoxy) is 2. The van der Waals surface area contributed by atoms with Gasteiger partial charge in [-0.3, -0.25) is 4.90 Å². The molecule has 228 valence electrons. The van der Waals surface area contributed by atoms with Crippen LogP contribution >= 0.6 is 11.6 Å². The monoisotopic (exact) mass is 605 g/mol. The number of carbonyl (C=O) groups excluding carboxylic acids is 1. The van der Waals surface area contributed by atoms with E-state index in [-0.39, 0.29) is 18.7 Å². The normalized spacial score (nSPS) is 18.8. The van der Waals surface area contributed by atoms with Crippen molar-refractivity contribution in [3.63, 3.8) is 0 Å². The summed E-state index contributed by atoms with van der Waals surface area (Å²) in [7, 11) is 4.05. The SMILES string of the molecule is [C-]#[N+]C[C@H]1CN(c2nc(NCCN(C)C)nc3c2CO[C@H](c2cccc4cccc(Cl)c24)C3)CCN1C(=O)OC(C)(C)C. The average Bonchev–Trinajstić information content (AvgIpc) is 2.95. The van der Waals surface area contributed by atoms with Gasteiger partial charge in [-0.15, -0.1) is 0 Å². The largest absolute Gasteiger partial charge is 0.444 e. The number of nitrogens with one attached hydrogen (secondary N) is 1. The van der Waals surface area contributed by atoms with E-state index in [2.05, 4.69) is 38.2 Å². The first-order chi connectivity index (χ1) is 20.5. The third-order valence-electron chi connectivity index (χ3n) is 7.67. The van der Waals surface area contributed by atoms with Crippen LogP contribution in [0.2, 0.25) is 5.02 Å². The number of likely N-dealkylation sites (N-methyl/N-ethyl adjacent to an activating group) is 1. The molecule has 3 aromatic rings. The predicted octanol–water partition coefficient (Wildman–Crippen LogP) is 5.42. The van der Waals surface area contributed by atoms with Crippen molar-refractivity contribution in [3.8, 4) is 0 Å². The van der Waals surface area contributed by atoms with E-state index in [1.54, 1.807) is 4.90 Å². The highest BCUT2D eigenvalue weighted by Gasteiger charge is 2.37. The Morgan fingerprint density at radius 2 is 1.98 bits per heavy atom. The second-order valence-electron chi connectivity index (χ2n) is 12.3. The lowest BCUT2D eigenvalue weighted by atomic mass is 9.94. The third kappa shape index (κ3) is 7.12. The minimum Gasteiger partial charge on any atom is -0.444 e. The van der Waals surface area contributed by atoms with Crippen LogP contribution in [0.4, 0.5) is 16.6 Å². The summed E-state index contributed by atoms with van der Waals surface area (Å²) in [5.74, 6) is 1.34. The molecule has 1 amide bonds. The molecule has 2 aliphatic rings. The summed E-state index contributed by atoms with van der Waals surface area (Å²) in [4.78, 5) is 32.5. The van der Waals surface area contributed by atoms with Gasteiger partial charge in [0.2, 0.25) is 12.5 Å². The van der Waals surface area contributed by atoms with Crippen molar-refractivity contribution in [1.29, 1.82) is 0 Å². The highest BCUT2D eigenvalue weighted by Crippen LogP contribution is 2.39. The molecular weight excluding hydrogens is 566 g/mol. The van der Waals surface area contributed by atoms with E-state index in [4.69, 9.17) is 37.6 Å². The van der Waals surface area contributed by atoms with Crippen molar-refractivity contribution in [2.45, 2.75) is 51.5 Å². The number of hydrogen-bond acceptors (Lipinski definition) is 8. The van der Waals surface area contributed by atoms with E-state index in [0.717, 1.165) is 40.0 Å². The van der Waals surface area contributed by atoms with Crippen LogP contribution in [0, 0.1) is 6.57 Å². The fraction of sp³-hybridized carbons (Fsp3) is 0.500. The smallest absolute Gasteiger partial charge is 0.410 e. The first-order valence-electron chi connectivity index (χ1n) is 14.7. The van der Waals surface area contributed by atoms with Crippen LogP contribution in [0.15, 0.2) is 36.4 Å². The number of benzene rings is 2. The first-order valence-corrected chi connectivity index (χ1v) is 15.1. The van der Waals surface area contributed by atoms with Crippen LogP contribution in [0.3, 0.4) is 0 Å². The minimum atomic E-state index is -0.613. The quantitative estimate of drug-likeness (QED) is 0.358. The number of amides is 1. The van der Waals surface area contributed by atoms with Gasteiger partial charge in [-0.05, 0) is 51.9 Å². The Kier molecular flexibility index (Phi) is 9.25. The number of fused-ring (bicyclic) bond motifs is 2. The second-order valence-corrected chi connectivity index (χ2v) is 12.7. The fourth-order valence-electron chi connectivity index (χ4n) is 5.65. The molecule has 0 aliphatic carbocycles. The minimum absolute atomic E-state index is 0.178. The van der Waals surface area contributed by atoms with E-state index in [9.17, 15) is 4.79 Å². The number of piperazine rings is 1. The molecule has 0 spiro atoms. The number of halogens is 1. The fourth-order valence-corrected chi connectivity index (χ4v) is 5.94. The predicted molar refractivity (Wildman–Crippen MR) is 170 cm³/mol. The lowest BCUT2D eigenvalue weighted by molar-refractivity contribution is 0.0151. The maximum Gasteiger partial charge on any atom is 0.410 e. The van der Waals surface area contributed by atoms with Crippen LogP contribution in [0.25, 0.3) is 15.6 Å². The Labute approximate surface area is 258 Å². The van der Waals surface area contributed by atoms with E-state index in [0.29, 0.717) is 50.2 Å². The molecule has 1 N–H and O–H groups in total. The summed E-state index contributed by atoms with van der Waals surface area (Å²) in [6.07, 6.45) is -0.0372. The van der Waals surface area contributed by atoms with Gasteiger partial charge < -0.3 is 29.4 Å². The standard InChI is InChI=1S/C32H40ClN7O3/c1-32(2,3)43-31(41)40-16-15-39(19-22(40)18-34-4)29-24-20-42-27(17-26(24)36-30(37-29)35-13-14-38(5)6)23-11-7-9-21-10-8-12-25(33)28(21)23/h7-12,22,27H,13-20H2,1-3,5-6H3,(H,35,36,37)/t22-,27-/m0/s1. The van der Waals surface area contributed by atoms with Crippen molar-refractivity contribution < 1.29 is 14.3 Å². The van der Waals surface area contributed by atoms with Crippen LogP contribution < -0.4 is 10.2 Å². The van der Waals surface area contributed by atoms with Crippen molar-refractivity contribution >= 4 is 40.2 Å². The number of nitrogens with zero attached hydrogens (tertiary/aromatic N) is 6. The molecule has 0 radical (unpaired) electrons. The average molecular weight is 606 g/mol. The summed E-state index contributed by atoms with van der Waals surface area (Å²) < 4.78 is 12.2. The molecule has 5 rings (SSSR count). The van der Waals surface area contributed by atoms with Crippen molar-refractivity contribution in [3.05, 3.63) is 69.7 Å². The molecule has 2 aliphatic heterocycles. The van der Waals surface area contributed by atoms with Crippen molar-refractivity contribution in [2.75, 3.05) is 63.6 Å². The molecule has 43 heavy (non-hydrogen) atoms. The van der Waals surface area contributed by atoms with Gasteiger partial charge in [0, 0.05) is 55.1 Å². The molecule has 0 bridgehead atoms. The Bertz CT molecular complexity index is 1510. The van der Waals surface area contributed by atoms with Crippen LogP contribution in [0.1, 0.15) is 43.7 Å². The number of anilines is 2. The lowest BCUT2D eigenvalue weighted by Gasteiger charge is -2.41. The van der Waals surface area contributed by atoms with Crippen LogP contribution in [0.5, 0.6) is 0 Å². The van der Waals surface area contributed by atoms with Crippen LogP contribution in [-0.4, -0.2) is 90.9 Å². The molecule has 1 fully saturated rings. The van der Waals surface area contributed by atoms with E-state index in [1.165, 1.54) is 0 Å². The lowest BCUT2D eigenvalue weighted by Crippen LogP contribution is -2.57. The summed E-state index contributed by atoms with van der Waals surface area (Å²) in [5.41, 5.74) is 2.29. The molecule has 3 heterocycles. The topological polar surface area (TPSA) is 87.4 Å². The zero-order valence-corrected chi connectivity index (χ0v) is 26.3. The summed E-state index contributed by atoms with van der Waals surface area (Å²) >= 11 is 6.67. The number of carbonyl (C=O) groups is 1. The maximum absolute atomic E-state index is 13.0. The summed E-state index contributed by atoms with van der Waals surface area (Å²) in [6.45, 7) is 16.6. The Morgan fingerprint density at radius 3 is 2.70 bits per heavy atom. The highest BCUT2D eigenvalue weighted by molar-refractivity contribution is 6.35. The van der Waals surface area contributed by atoms with Crippen molar-refractivity contribution in [2.24, 2.45) is 0 Å². The third-order valence-corrected chi connectivity index (χ3v) is 7.98. The van der Waals surface area contributed by atoms with E-state index < -0.39 is 11.7 Å². The molecular formula is C32H40ClN7O3. The number of hydrogen-bond donors (Lipinski definition) is 1. The van der Waals surface area contributed by atoms with Crippen molar-refractivity contribution in [1.82, 2.24) is 19.8 Å². The highest BCUT2D eigenvalue weighted by atomic mass is 35.5. The summed E-state index contributed by atoms with van der Waals surface area (Å²) in [6, 6.07) is 11.8. The summed E-state index contributed by atoms with van der Waals surface area (Å²) in [5, 5.41) is 6.17. The zero-order chi connectivity index (χ0) is 30.7. The number of rotatable bonds is 7. The molecule has 10 nitrogen and oxygen atoms in total. The van der Waals surface area contributed by atoms with Gasteiger partial charge in [-0.1, -0.05) is 41.9 Å². The van der Waals surface area contributed by atoms with Gasteiger partial charge in [0.15, 0.2) is 0 Å². The van der Waals surface area contributed by atoms with Gasteiger partial charge in [-0.2, -0.15) is 4.98 Å². The molecule has 1 saturated heterocycles. The maximum atomic E-state index is 13.0. The second kappa shape index (κ2) is 12.9. The van der Waals surface area contributed by atoms with Gasteiger partial charge in [0.25, 0.3) is 0 Å². The van der Waals surface area contributed by atoms with E-state index in [1.807, 2.05) is 53.1 Å². The Hall–Kier alpha value is -3.65. The molecule has 1 aromatic heterocycles. The van der Waals surface area contributed by atoms with Gasteiger partial charge in [0.1, 0.15) is 17.5 Å². The van der Waals surface area contributed by atoms with E-state index >= 15 is 0 Å². The van der Waals surface area contributed by atoms with Gasteiger partial charge in [-0.25, -0.2) is 16.4 Å². The Morgan fingerprint density at radius 1 is 1.21 bits per heavy atom. The molecule has 2 aromatic carbocycles. The molecule has 2 atom stereocenters. The molecule has 11 heteroatoms. The Balaban J connectivity index is 1.46. The van der Waals surface area contributed by atoms with Gasteiger partial charge in [0.05, 0.1) is 18.4 Å². The first kappa shape index (κ1) is 30.8.